The van der Waals surface area contributed by atoms with Crippen molar-refractivity contribution >= 4 is 43.2 Å². The van der Waals surface area contributed by atoms with Crippen molar-refractivity contribution in [2.24, 2.45) is 0 Å². The molecule has 0 saturated carbocycles. The van der Waals surface area contributed by atoms with Gasteiger partial charge in [0.05, 0.1) is 10.2 Å². The Balaban J connectivity index is 1.97. The summed E-state index contributed by atoms with van der Waals surface area (Å²) < 4.78 is 7.32. The fourth-order valence-electron chi connectivity index (χ4n) is 2.42. The van der Waals surface area contributed by atoms with Crippen molar-refractivity contribution in [3.05, 3.63) is 25.8 Å². The minimum Gasteiger partial charge on any atom is -0.446 e. The molecule has 6 heteroatoms. The second-order valence-electron chi connectivity index (χ2n) is 4.56. The first-order chi connectivity index (χ1) is 9.19. The van der Waals surface area contributed by atoms with E-state index in [1.807, 2.05) is 6.07 Å². The Bertz CT molecular complexity index is 574. The number of hydrogen-bond donors (Lipinski definition) is 1. The Morgan fingerprint density at radius 2 is 2.37 bits per heavy atom. The third-order valence-electron chi connectivity index (χ3n) is 3.26. The number of halogens is 2. The summed E-state index contributed by atoms with van der Waals surface area (Å²) in [5.74, 6) is 0.827. The number of hydrogen-bond acceptors (Lipinski definition) is 4. The van der Waals surface area contributed by atoms with E-state index >= 15 is 0 Å². The van der Waals surface area contributed by atoms with Crippen molar-refractivity contribution in [3.63, 3.8) is 0 Å². The van der Waals surface area contributed by atoms with Gasteiger partial charge in [0.15, 0.2) is 15.4 Å². The average Bonchev–Trinajstić information content (AvgIpc) is 2.95. The molecule has 0 fully saturated rings. The Kier molecular flexibility index (Phi) is 4.12. The fourth-order valence-corrected chi connectivity index (χ4v) is 4.17. The average molecular weight is 406 g/mol. The number of fused-ring (bicyclic) bond motifs is 1. The van der Waals surface area contributed by atoms with Crippen molar-refractivity contribution in [1.82, 2.24) is 10.3 Å². The van der Waals surface area contributed by atoms with Crippen LogP contribution in [-0.2, 0) is 6.42 Å². The quantitative estimate of drug-likeness (QED) is 0.787. The summed E-state index contributed by atoms with van der Waals surface area (Å²) in [7, 11) is 0. The van der Waals surface area contributed by atoms with Crippen molar-refractivity contribution < 1.29 is 4.42 Å². The lowest BCUT2D eigenvalue weighted by Crippen LogP contribution is -2.23. The minimum atomic E-state index is 0.460. The molecule has 3 rings (SSSR count). The zero-order valence-corrected chi connectivity index (χ0v) is 14.5. The Morgan fingerprint density at radius 1 is 1.53 bits per heavy atom. The van der Waals surface area contributed by atoms with Crippen LogP contribution < -0.4 is 5.32 Å². The van der Waals surface area contributed by atoms with Gasteiger partial charge in [-0.1, -0.05) is 6.92 Å². The van der Waals surface area contributed by atoms with Crippen molar-refractivity contribution in [3.8, 4) is 10.8 Å². The SMILES string of the molecule is CCNC1CCCc2nc(-c3cc(Br)c(Br)o3)sc21. The van der Waals surface area contributed by atoms with Crippen molar-refractivity contribution in [2.45, 2.75) is 32.2 Å². The number of nitrogens with zero attached hydrogens (tertiary/aromatic N) is 1. The first-order valence-corrected chi connectivity index (χ1v) is 8.77. The Labute approximate surface area is 133 Å². The molecule has 2 aromatic rings. The summed E-state index contributed by atoms with van der Waals surface area (Å²) in [6.45, 7) is 3.15. The van der Waals surface area contributed by atoms with Gasteiger partial charge in [-0.25, -0.2) is 4.98 Å². The van der Waals surface area contributed by atoms with Crippen molar-refractivity contribution in [2.75, 3.05) is 6.54 Å². The van der Waals surface area contributed by atoms with Crippen LogP contribution >= 0.6 is 43.2 Å². The number of nitrogens with one attached hydrogen (secondary N) is 1. The van der Waals surface area contributed by atoms with Crippen molar-refractivity contribution in [1.29, 1.82) is 0 Å². The van der Waals surface area contributed by atoms with E-state index in [0.717, 1.165) is 32.9 Å². The lowest BCUT2D eigenvalue weighted by atomic mass is 9.98. The molecule has 1 aliphatic rings. The lowest BCUT2D eigenvalue weighted by Gasteiger charge is -2.21. The summed E-state index contributed by atoms with van der Waals surface area (Å²) in [4.78, 5) is 6.13. The maximum Gasteiger partial charge on any atom is 0.184 e. The molecule has 0 aromatic carbocycles. The zero-order chi connectivity index (χ0) is 13.4. The molecular formula is C13H14Br2N2OS. The summed E-state index contributed by atoms with van der Waals surface area (Å²) in [6.07, 6.45) is 3.49. The van der Waals surface area contributed by atoms with E-state index < -0.39 is 0 Å². The highest BCUT2D eigenvalue weighted by Gasteiger charge is 2.25. The van der Waals surface area contributed by atoms with Crippen LogP contribution in [0.15, 0.2) is 19.6 Å². The van der Waals surface area contributed by atoms with Gasteiger partial charge in [0, 0.05) is 17.0 Å². The molecule has 1 N–H and O–H groups in total. The lowest BCUT2D eigenvalue weighted by molar-refractivity contribution is 0.476. The first kappa shape index (κ1) is 13.8. The smallest absolute Gasteiger partial charge is 0.184 e. The van der Waals surface area contributed by atoms with Crippen LogP contribution in [0.4, 0.5) is 0 Å². The molecule has 0 bridgehead atoms. The standard InChI is InChI=1S/C13H14Br2N2OS/c1-2-16-8-4-3-5-9-11(8)19-13(17-9)10-6-7(14)12(15)18-10/h6,8,16H,2-5H2,1H3. The highest BCUT2D eigenvalue weighted by Crippen LogP contribution is 2.40. The molecule has 0 saturated heterocycles. The number of aromatic nitrogens is 1. The van der Waals surface area contributed by atoms with Gasteiger partial charge < -0.3 is 9.73 Å². The molecule has 2 heterocycles. The number of furan rings is 1. The number of thiazole rings is 1. The first-order valence-electron chi connectivity index (χ1n) is 6.37. The molecule has 0 amide bonds. The summed E-state index contributed by atoms with van der Waals surface area (Å²) in [5, 5.41) is 4.52. The molecule has 1 aliphatic carbocycles. The van der Waals surface area contributed by atoms with Gasteiger partial charge in [0.1, 0.15) is 0 Å². The van der Waals surface area contributed by atoms with E-state index in [4.69, 9.17) is 9.40 Å². The largest absolute Gasteiger partial charge is 0.446 e. The number of aryl methyl sites for hydroxylation is 1. The number of rotatable bonds is 3. The molecule has 0 aliphatic heterocycles. The highest BCUT2D eigenvalue weighted by atomic mass is 79.9. The Hall–Kier alpha value is -0.170. The second-order valence-corrected chi connectivity index (χ2v) is 7.17. The Morgan fingerprint density at radius 3 is 3.05 bits per heavy atom. The van der Waals surface area contributed by atoms with E-state index in [-0.39, 0.29) is 0 Å². The van der Waals surface area contributed by atoms with Crippen LogP contribution in [0.5, 0.6) is 0 Å². The third kappa shape index (κ3) is 2.68. The maximum absolute atomic E-state index is 5.67. The van der Waals surface area contributed by atoms with E-state index in [2.05, 4.69) is 44.1 Å². The molecule has 0 radical (unpaired) electrons. The molecular weight excluding hydrogens is 392 g/mol. The maximum atomic E-state index is 5.67. The second kappa shape index (κ2) is 5.68. The van der Waals surface area contributed by atoms with Gasteiger partial charge in [0.25, 0.3) is 0 Å². The highest BCUT2D eigenvalue weighted by molar-refractivity contribution is 9.13. The topological polar surface area (TPSA) is 38.1 Å². The van der Waals surface area contributed by atoms with Crippen LogP contribution in [0.1, 0.15) is 36.4 Å². The zero-order valence-electron chi connectivity index (χ0n) is 10.5. The van der Waals surface area contributed by atoms with Gasteiger partial charge in [-0.3, -0.25) is 0 Å². The predicted molar refractivity (Wildman–Crippen MR) is 84.6 cm³/mol. The summed E-state index contributed by atoms with van der Waals surface area (Å²) >= 11 is 8.57. The van der Waals surface area contributed by atoms with Crippen LogP contribution in [0.2, 0.25) is 0 Å². The molecule has 0 spiro atoms. The van der Waals surface area contributed by atoms with E-state index in [0.29, 0.717) is 6.04 Å². The van der Waals surface area contributed by atoms with Crippen LogP contribution in [0, 0.1) is 0 Å². The molecule has 1 atom stereocenters. The van der Waals surface area contributed by atoms with E-state index in [9.17, 15) is 0 Å². The van der Waals surface area contributed by atoms with Gasteiger partial charge >= 0.3 is 0 Å². The minimum absolute atomic E-state index is 0.460. The van der Waals surface area contributed by atoms with Gasteiger partial charge in [-0.2, -0.15) is 0 Å². The summed E-state index contributed by atoms with van der Waals surface area (Å²) in [6, 6.07) is 2.43. The van der Waals surface area contributed by atoms with Gasteiger partial charge in [-0.05, 0) is 57.7 Å². The van der Waals surface area contributed by atoms with Gasteiger partial charge in [0.2, 0.25) is 0 Å². The summed E-state index contributed by atoms with van der Waals surface area (Å²) in [5.41, 5.74) is 1.24. The van der Waals surface area contributed by atoms with Gasteiger partial charge in [-0.15, -0.1) is 11.3 Å². The third-order valence-corrected chi connectivity index (χ3v) is 6.19. The normalized spacial score (nSPS) is 18.6. The van der Waals surface area contributed by atoms with Crippen LogP contribution in [0.3, 0.4) is 0 Å². The van der Waals surface area contributed by atoms with Crippen LogP contribution in [0.25, 0.3) is 10.8 Å². The molecule has 3 nitrogen and oxygen atoms in total. The van der Waals surface area contributed by atoms with E-state index in [1.54, 1.807) is 11.3 Å². The fraction of sp³-hybridized carbons (Fsp3) is 0.462. The molecule has 2 aromatic heterocycles. The van der Waals surface area contributed by atoms with E-state index in [1.165, 1.54) is 23.4 Å². The molecule has 19 heavy (non-hydrogen) atoms. The molecule has 1 unspecified atom stereocenters. The molecule has 102 valence electrons. The monoisotopic (exact) mass is 404 g/mol. The predicted octanol–water partition coefficient (Wildman–Crippen LogP) is 4.92. The van der Waals surface area contributed by atoms with Crippen LogP contribution in [-0.4, -0.2) is 11.5 Å².